The Labute approximate surface area is 68.1 Å². The van der Waals surface area contributed by atoms with Gasteiger partial charge in [-0.15, -0.1) is 0 Å². The van der Waals surface area contributed by atoms with Gasteiger partial charge in [0, 0.05) is 12.6 Å². The SMILES string of the molecule is NC1CC(C2CCCCO2)C1. The molecule has 1 heterocycles. The molecule has 0 amide bonds. The molecule has 0 aromatic rings. The Morgan fingerprint density at radius 2 is 2.00 bits per heavy atom. The largest absolute Gasteiger partial charge is 0.378 e. The first-order valence-electron chi connectivity index (χ1n) is 4.73. The summed E-state index contributed by atoms with van der Waals surface area (Å²) >= 11 is 0. The van der Waals surface area contributed by atoms with Gasteiger partial charge < -0.3 is 10.5 Å². The minimum Gasteiger partial charge on any atom is -0.378 e. The van der Waals surface area contributed by atoms with Crippen LogP contribution in [0.25, 0.3) is 0 Å². The molecule has 1 aliphatic heterocycles. The van der Waals surface area contributed by atoms with Gasteiger partial charge >= 0.3 is 0 Å². The minimum atomic E-state index is 0.477. The smallest absolute Gasteiger partial charge is 0.0604 e. The summed E-state index contributed by atoms with van der Waals surface area (Å²) in [6, 6.07) is 0.477. The molecule has 1 saturated heterocycles. The summed E-state index contributed by atoms with van der Waals surface area (Å²) in [5.41, 5.74) is 5.72. The zero-order chi connectivity index (χ0) is 7.68. The summed E-state index contributed by atoms with van der Waals surface area (Å²) in [6.07, 6.45) is 6.85. The highest BCUT2D eigenvalue weighted by Gasteiger charge is 2.34. The molecular formula is C9H17NO. The van der Waals surface area contributed by atoms with Gasteiger partial charge in [0.25, 0.3) is 0 Å². The summed E-state index contributed by atoms with van der Waals surface area (Å²) in [6.45, 7) is 0.983. The second-order valence-electron chi connectivity index (χ2n) is 3.90. The van der Waals surface area contributed by atoms with Crippen LogP contribution in [-0.2, 0) is 4.74 Å². The molecule has 2 N–H and O–H groups in total. The van der Waals surface area contributed by atoms with Crippen molar-refractivity contribution >= 4 is 0 Å². The van der Waals surface area contributed by atoms with Crippen LogP contribution < -0.4 is 5.73 Å². The van der Waals surface area contributed by atoms with E-state index in [0.717, 1.165) is 12.5 Å². The van der Waals surface area contributed by atoms with Crippen LogP contribution in [0, 0.1) is 5.92 Å². The lowest BCUT2D eigenvalue weighted by Gasteiger charge is -2.39. The first kappa shape index (κ1) is 7.56. The molecule has 64 valence electrons. The summed E-state index contributed by atoms with van der Waals surface area (Å²) in [4.78, 5) is 0. The molecule has 0 radical (unpaired) electrons. The number of ether oxygens (including phenoxy) is 1. The Morgan fingerprint density at radius 3 is 2.55 bits per heavy atom. The predicted molar refractivity (Wildman–Crippen MR) is 44.3 cm³/mol. The van der Waals surface area contributed by atoms with E-state index >= 15 is 0 Å². The lowest BCUT2D eigenvalue weighted by atomic mass is 9.75. The number of hydrogen-bond donors (Lipinski definition) is 1. The second-order valence-corrected chi connectivity index (χ2v) is 3.90. The van der Waals surface area contributed by atoms with E-state index in [9.17, 15) is 0 Å². The van der Waals surface area contributed by atoms with Crippen molar-refractivity contribution < 1.29 is 4.74 Å². The van der Waals surface area contributed by atoms with Gasteiger partial charge in [0.15, 0.2) is 0 Å². The topological polar surface area (TPSA) is 35.2 Å². The van der Waals surface area contributed by atoms with E-state index in [2.05, 4.69) is 0 Å². The molecule has 2 aliphatic rings. The van der Waals surface area contributed by atoms with Crippen molar-refractivity contribution in [2.45, 2.75) is 44.2 Å². The van der Waals surface area contributed by atoms with E-state index < -0.39 is 0 Å². The predicted octanol–water partition coefficient (Wildman–Crippen LogP) is 1.29. The number of rotatable bonds is 1. The quantitative estimate of drug-likeness (QED) is 0.619. The van der Waals surface area contributed by atoms with Gasteiger partial charge in [-0.2, -0.15) is 0 Å². The summed E-state index contributed by atoms with van der Waals surface area (Å²) in [5, 5.41) is 0. The third kappa shape index (κ3) is 1.57. The van der Waals surface area contributed by atoms with Crippen molar-refractivity contribution in [2.75, 3.05) is 6.61 Å². The van der Waals surface area contributed by atoms with Gasteiger partial charge in [-0.3, -0.25) is 0 Å². The van der Waals surface area contributed by atoms with Crippen molar-refractivity contribution in [1.29, 1.82) is 0 Å². The van der Waals surface area contributed by atoms with E-state index in [1.165, 1.54) is 32.1 Å². The molecule has 2 heteroatoms. The van der Waals surface area contributed by atoms with Crippen molar-refractivity contribution in [3.8, 4) is 0 Å². The first-order chi connectivity index (χ1) is 5.36. The van der Waals surface area contributed by atoms with Gasteiger partial charge in [-0.1, -0.05) is 0 Å². The zero-order valence-electron chi connectivity index (χ0n) is 6.96. The van der Waals surface area contributed by atoms with Crippen LogP contribution in [0.1, 0.15) is 32.1 Å². The molecule has 2 nitrogen and oxygen atoms in total. The Hall–Kier alpha value is -0.0800. The second kappa shape index (κ2) is 3.11. The van der Waals surface area contributed by atoms with Gasteiger partial charge in [0.1, 0.15) is 0 Å². The third-order valence-corrected chi connectivity index (χ3v) is 2.95. The molecule has 0 bridgehead atoms. The fourth-order valence-electron chi connectivity index (χ4n) is 2.15. The Bertz CT molecular complexity index is 126. The third-order valence-electron chi connectivity index (χ3n) is 2.95. The molecule has 1 unspecified atom stereocenters. The molecule has 0 aromatic heterocycles. The lowest BCUT2D eigenvalue weighted by molar-refractivity contribution is -0.0474. The number of hydrogen-bond acceptors (Lipinski definition) is 2. The van der Waals surface area contributed by atoms with Crippen molar-refractivity contribution in [1.82, 2.24) is 0 Å². The Morgan fingerprint density at radius 1 is 1.18 bits per heavy atom. The molecule has 1 saturated carbocycles. The summed E-state index contributed by atoms with van der Waals surface area (Å²) < 4.78 is 5.67. The van der Waals surface area contributed by atoms with E-state index in [4.69, 9.17) is 10.5 Å². The van der Waals surface area contributed by atoms with Gasteiger partial charge in [0.05, 0.1) is 6.10 Å². The highest BCUT2D eigenvalue weighted by molar-refractivity contribution is 4.88. The standard InChI is InChI=1S/C9H17NO/c10-8-5-7(6-8)9-3-1-2-4-11-9/h7-9H,1-6,10H2. The van der Waals surface area contributed by atoms with Crippen LogP contribution in [0.2, 0.25) is 0 Å². The fourth-order valence-corrected chi connectivity index (χ4v) is 2.15. The van der Waals surface area contributed by atoms with Crippen molar-refractivity contribution in [3.63, 3.8) is 0 Å². The zero-order valence-corrected chi connectivity index (χ0v) is 6.96. The molecule has 2 rings (SSSR count). The van der Waals surface area contributed by atoms with Crippen LogP contribution in [0.3, 0.4) is 0 Å². The van der Waals surface area contributed by atoms with Crippen molar-refractivity contribution in [2.24, 2.45) is 11.7 Å². The number of nitrogens with two attached hydrogens (primary N) is 1. The van der Waals surface area contributed by atoms with Crippen LogP contribution >= 0.6 is 0 Å². The van der Waals surface area contributed by atoms with Gasteiger partial charge in [-0.05, 0) is 38.0 Å². The van der Waals surface area contributed by atoms with Crippen molar-refractivity contribution in [3.05, 3.63) is 0 Å². The summed E-state index contributed by atoms with van der Waals surface area (Å²) in [7, 11) is 0. The molecule has 1 aliphatic carbocycles. The van der Waals surface area contributed by atoms with Crippen LogP contribution in [0.5, 0.6) is 0 Å². The summed E-state index contributed by atoms with van der Waals surface area (Å²) in [5.74, 6) is 0.797. The monoisotopic (exact) mass is 155 g/mol. The van der Waals surface area contributed by atoms with E-state index in [1.54, 1.807) is 0 Å². The maximum atomic E-state index is 5.72. The van der Waals surface area contributed by atoms with Crippen LogP contribution in [0.15, 0.2) is 0 Å². The minimum absolute atomic E-state index is 0.477. The maximum Gasteiger partial charge on any atom is 0.0604 e. The first-order valence-corrected chi connectivity index (χ1v) is 4.73. The maximum absolute atomic E-state index is 5.72. The highest BCUT2D eigenvalue weighted by atomic mass is 16.5. The molecule has 1 atom stereocenters. The average molecular weight is 155 g/mol. The molecular weight excluding hydrogens is 138 g/mol. The van der Waals surface area contributed by atoms with Gasteiger partial charge in [0.2, 0.25) is 0 Å². The highest BCUT2D eigenvalue weighted by Crippen LogP contribution is 2.34. The van der Waals surface area contributed by atoms with E-state index in [0.29, 0.717) is 12.1 Å². The molecule has 11 heavy (non-hydrogen) atoms. The average Bonchev–Trinajstić information content (AvgIpc) is 2.01. The fraction of sp³-hybridized carbons (Fsp3) is 1.00. The normalized spacial score (nSPS) is 45.0. The van der Waals surface area contributed by atoms with Crippen LogP contribution in [0.4, 0.5) is 0 Å². The van der Waals surface area contributed by atoms with E-state index in [1.807, 2.05) is 0 Å². The Balaban J connectivity index is 1.76. The molecule has 0 aromatic carbocycles. The van der Waals surface area contributed by atoms with Gasteiger partial charge in [-0.25, -0.2) is 0 Å². The molecule has 2 fully saturated rings. The van der Waals surface area contributed by atoms with E-state index in [-0.39, 0.29) is 0 Å². The molecule has 0 spiro atoms. The lowest BCUT2D eigenvalue weighted by Crippen LogP contribution is -2.44. The van der Waals surface area contributed by atoms with Crippen LogP contribution in [-0.4, -0.2) is 18.8 Å². The Kier molecular flexibility index (Phi) is 2.14.